The van der Waals surface area contributed by atoms with Gasteiger partial charge in [-0.05, 0) is 44.2 Å². The summed E-state index contributed by atoms with van der Waals surface area (Å²) in [5.74, 6) is -2.85. The molecule has 3 aromatic rings. The molecule has 1 fully saturated rings. The average Bonchev–Trinajstić information content (AvgIpc) is 3.58. The summed E-state index contributed by atoms with van der Waals surface area (Å²) in [7, 11) is 0. The van der Waals surface area contributed by atoms with Crippen LogP contribution in [-0.2, 0) is 32.2 Å². The molecule has 190 valence electrons. The molecule has 1 N–H and O–H groups in total. The van der Waals surface area contributed by atoms with Crippen LogP contribution in [0.2, 0.25) is 0 Å². The third-order valence-electron chi connectivity index (χ3n) is 6.01. The minimum absolute atomic E-state index is 0.0272. The van der Waals surface area contributed by atoms with E-state index in [-0.39, 0.29) is 19.6 Å². The van der Waals surface area contributed by atoms with Crippen molar-refractivity contribution in [2.24, 2.45) is 5.92 Å². The highest BCUT2D eigenvalue weighted by Crippen LogP contribution is 2.50. The number of aliphatic carboxylic acids is 1. The number of carbonyl (C=O) groups is 3. The van der Waals surface area contributed by atoms with Crippen molar-refractivity contribution in [2.75, 3.05) is 0 Å². The highest BCUT2D eigenvalue weighted by Gasteiger charge is 2.63. The van der Waals surface area contributed by atoms with Crippen LogP contribution in [0.4, 0.5) is 4.79 Å². The van der Waals surface area contributed by atoms with Crippen molar-refractivity contribution in [1.82, 2.24) is 14.5 Å². The Labute approximate surface area is 213 Å². The lowest BCUT2D eigenvalue weighted by Gasteiger charge is -2.39. The summed E-state index contributed by atoms with van der Waals surface area (Å²) >= 11 is 1.33. The lowest BCUT2D eigenvalue weighted by atomic mass is 9.90. The fraction of sp³-hybridized carbons (Fsp3) is 0.385. The number of hydrogen-bond donors (Lipinski definition) is 1. The van der Waals surface area contributed by atoms with Crippen molar-refractivity contribution in [1.29, 1.82) is 0 Å². The summed E-state index contributed by atoms with van der Waals surface area (Å²) < 4.78 is 13.1. The summed E-state index contributed by atoms with van der Waals surface area (Å²) in [6.07, 6.45) is 3.81. The minimum Gasteiger partial charge on any atom is -0.481 e. The van der Waals surface area contributed by atoms with Gasteiger partial charge in [-0.1, -0.05) is 36.4 Å². The number of nitrogens with zero attached hydrogens (tertiary/aromatic N) is 3. The molecule has 4 rings (SSSR count). The summed E-state index contributed by atoms with van der Waals surface area (Å²) in [5, 5.41) is 12.0. The van der Waals surface area contributed by atoms with Gasteiger partial charge in [-0.3, -0.25) is 9.69 Å². The molecule has 10 heteroatoms. The molecule has 0 bridgehead atoms. The normalized spacial score (nSPS) is 21.8. The molecule has 1 saturated heterocycles. The van der Waals surface area contributed by atoms with E-state index in [1.54, 1.807) is 49.9 Å². The van der Waals surface area contributed by atoms with Gasteiger partial charge in [-0.25, -0.2) is 14.6 Å². The average molecular weight is 512 g/mol. The third-order valence-corrected chi connectivity index (χ3v) is 6.96. The third kappa shape index (κ3) is 5.28. The van der Waals surface area contributed by atoms with Crippen LogP contribution in [0.3, 0.4) is 0 Å². The SMILES string of the molecule is CC(C)(C)OC(=O)[C@]1(Cn2ccnc2)C[C@@H](C(=O)O)[C@@H](c2cccs2)N1C(=O)OCc1ccccc1. The van der Waals surface area contributed by atoms with Gasteiger partial charge in [-0.15, -0.1) is 11.3 Å². The first-order valence-corrected chi connectivity index (χ1v) is 12.4. The number of thiophene rings is 1. The molecule has 0 spiro atoms. The Hall–Kier alpha value is -3.66. The smallest absolute Gasteiger partial charge is 0.411 e. The Morgan fingerprint density at radius 1 is 1.17 bits per heavy atom. The molecule has 1 aliphatic rings. The van der Waals surface area contributed by atoms with Crippen LogP contribution in [-0.4, -0.2) is 48.7 Å². The second kappa shape index (κ2) is 10.1. The zero-order valence-electron chi connectivity index (χ0n) is 20.4. The molecule has 0 unspecified atom stereocenters. The molecule has 3 heterocycles. The second-order valence-corrected chi connectivity index (χ2v) is 10.8. The van der Waals surface area contributed by atoms with E-state index < -0.39 is 41.1 Å². The van der Waals surface area contributed by atoms with Crippen molar-refractivity contribution in [3.05, 3.63) is 77.0 Å². The van der Waals surface area contributed by atoms with Crippen LogP contribution in [0.25, 0.3) is 0 Å². The zero-order chi connectivity index (χ0) is 25.9. The number of likely N-dealkylation sites (tertiary alicyclic amines) is 1. The maximum absolute atomic E-state index is 13.9. The molecule has 3 atom stereocenters. The van der Waals surface area contributed by atoms with Crippen molar-refractivity contribution in [2.45, 2.75) is 57.5 Å². The highest BCUT2D eigenvalue weighted by molar-refractivity contribution is 7.10. The Morgan fingerprint density at radius 3 is 2.50 bits per heavy atom. The van der Waals surface area contributed by atoms with Crippen molar-refractivity contribution in [3.63, 3.8) is 0 Å². The number of carboxylic acid groups (broad SMARTS) is 1. The summed E-state index contributed by atoms with van der Waals surface area (Å²) in [4.78, 5) is 46.2. The van der Waals surface area contributed by atoms with Crippen LogP contribution in [0.15, 0.2) is 66.6 Å². The number of carboxylic acids is 1. The van der Waals surface area contributed by atoms with Gasteiger partial charge in [0.25, 0.3) is 0 Å². The topological polar surface area (TPSA) is 111 Å². The number of amides is 1. The minimum atomic E-state index is -1.64. The number of carbonyl (C=O) groups excluding carboxylic acids is 2. The van der Waals surface area contributed by atoms with E-state index in [1.165, 1.54) is 22.6 Å². The highest BCUT2D eigenvalue weighted by atomic mass is 32.1. The number of benzene rings is 1. The molecule has 1 aliphatic heterocycles. The van der Waals surface area contributed by atoms with Crippen LogP contribution in [0.5, 0.6) is 0 Å². The van der Waals surface area contributed by atoms with Crippen LogP contribution in [0, 0.1) is 5.92 Å². The maximum Gasteiger partial charge on any atom is 0.411 e. The summed E-state index contributed by atoms with van der Waals surface area (Å²) in [6, 6.07) is 11.8. The monoisotopic (exact) mass is 511 g/mol. The quantitative estimate of drug-likeness (QED) is 0.465. The first-order chi connectivity index (χ1) is 17.1. The molecular formula is C26H29N3O6S. The lowest BCUT2D eigenvalue weighted by molar-refractivity contribution is -0.169. The van der Waals surface area contributed by atoms with Gasteiger partial charge < -0.3 is 19.1 Å². The van der Waals surface area contributed by atoms with Crippen molar-refractivity contribution < 1.29 is 29.0 Å². The van der Waals surface area contributed by atoms with Crippen molar-refractivity contribution >= 4 is 29.4 Å². The first kappa shape index (κ1) is 25.4. The fourth-order valence-corrected chi connectivity index (χ4v) is 5.43. The van der Waals surface area contributed by atoms with Crippen molar-refractivity contribution in [3.8, 4) is 0 Å². The molecule has 0 saturated carbocycles. The zero-order valence-corrected chi connectivity index (χ0v) is 21.2. The number of hydrogen-bond acceptors (Lipinski definition) is 7. The molecule has 36 heavy (non-hydrogen) atoms. The van der Waals surface area contributed by atoms with E-state index in [0.29, 0.717) is 4.88 Å². The number of imidazole rings is 1. The van der Waals surface area contributed by atoms with E-state index in [2.05, 4.69) is 4.98 Å². The predicted molar refractivity (Wildman–Crippen MR) is 132 cm³/mol. The molecule has 9 nitrogen and oxygen atoms in total. The number of rotatable bonds is 7. The first-order valence-electron chi connectivity index (χ1n) is 11.6. The Morgan fingerprint density at radius 2 is 1.92 bits per heavy atom. The number of aromatic nitrogens is 2. The van der Waals surface area contributed by atoms with E-state index in [4.69, 9.17) is 9.47 Å². The van der Waals surface area contributed by atoms with E-state index in [1.807, 2.05) is 35.7 Å². The standard InChI is InChI=1S/C26H29N3O6S/c1-25(2,3)35-23(32)26(16-28-12-11-27-17-28)14-19(22(30)31)21(20-10-7-13-36-20)29(26)24(33)34-15-18-8-5-4-6-9-18/h4-13,17,19,21H,14-16H2,1-3H3,(H,30,31)/t19-,21+,26-/m1/s1. The lowest BCUT2D eigenvalue weighted by Crippen LogP contribution is -2.58. The molecule has 1 aromatic carbocycles. The van der Waals surface area contributed by atoms with Gasteiger partial charge in [-0.2, -0.15) is 0 Å². The van der Waals surface area contributed by atoms with E-state index in [9.17, 15) is 19.5 Å². The van der Waals surface area contributed by atoms with E-state index in [0.717, 1.165) is 5.56 Å². The Bertz CT molecular complexity index is 1190. The molecule has 0 aliphatic carbocycles. The Kier molecular flexibility index (Phi) is 7.16. The molecular weight excluding hydrogens is 482 g/mol. The van der Waals surface area contributed by atoms with Gasteiger partial charge in [0, 0.05) is 17.3 Å². The van der Waals surface area contributed by atoms with Gasteiger partial charge in [0.15, 0.2) is 5.54 Å². The fourth-order valence-electron chi connectivity index (χ4n) is 4.55. The number of ether oxygens (including phenoxy) is 2. The molecule has 2 aromatic heterocycles. The maximum atomic E-state index is 13.9. The van der Waals surface area contributed by atoms with Crippen LogP contribution in [0.1, 0.15) is 43.7 Å². The van der Waals surface area contributed by atoms with Gasteiger partial charge >= 0.3 is 18.0 Å². The molecule has 0 radical (unpaired) electrons. The predicted octanol–water partition coefficient (Wildman–Crippen LogP) is 4.51. The van der Waals surface area contributed by atoms with Crippen LogP contribution < -0.4 is 0 Å². The Balaban J connectivity index is 1.82. The van der Waals surface area contributed by atoms with Crippen LogP contribution >= 0.6 is 11.3 Å². The van der Waals surface area contributed by atoms with Gasteiger partial charge in [0.1, 0.15) is 12.2 Å². The second-order valence-electron chi connectivity index (χ2n) is 9.79. The largest absolute Gasteiger partial charge is 0.481 e. The number of esters is 1. The van der Waals surface area contributed by atoms with Gasteiger partial charge in [0.2, 0.25) is 0 Å². The van der Waals surface area contributed by atoms with Gasteiger partial charge in [0.05, 0.1) is 24.8 Å². The molecule has 1 amide bonds. The summed E-state index contributed by atoms with van der Waals surface area (Å²) in [5.41, 5.74) is -1.73. The van der Waals surface area contributed by atoms with E-state index >= 15 is 0 Å². The summed E-state index contributed by atoms with van der Waals surface area (Å²) in [6.45, 7) is 5.13.